The highest BCUT2D eigenvalue weighted by molar-refractivity contribution is 4.88. The molecule has 0 aliphatic carbocycles. The number of hydrogen-bond acceptors (Lipinski definition) is 2. The lowest BCUT2D eigenvalue weighted by Gasteiger charge is -2.25. The summed E-state index contributed by atoms with van der Waals surface area (Å²) in [5.74, 6) is 0. The Morgan fingerprint density at radius 3 is 2.92 bits per heavy atom. The van der Waals surface area contributed by atoms with Crippen molar-refractivity contribution in [2.24, 2.45) is 0 Å². The average Bonchev–Trinajstić information content (AvgIpc) is 2.59. The summed E-state index contributed by atoms with van der Waals surface area (Å²) in [5, 5.41) is 9.21. The van der Waals surface area contributed by atoms with E-state index >= 15 is 0 Å². The van der Waals surface area contributed by atoms with Gasteiger partial charge in [0, 0.05) is 0 Å². The predicted molar refractivity (Wildman–Crippen MR) is 53.6 cm³/mol. The van der Waals surface area contributed by atoms with Crippen molar-refractivity contribution < 1.29 is 9.84 Å². The van der Waals surface area contributed by atoms with Crippen molar-refractivity contribution >= 4 is 0 Å². The van der Waals surface area contributed by atoms with Gasteiger partial charge in [0.15, 0.2) is 0 Å². The maximum Gasteiger partial charge on any atom is 0.0914 e. The predicted octanol–water partition coefficient (Wildman–Crippen LogP) is 2.27. The third-order valence-corrected chi connectivity index (χ3v) is 2.96. The fourth-order valence-corrected chi connectivity index (χ4v) is 1.89. The van der Waals surface area contributed by atoms with E-state index in [0.717, 1.165) is 32.1 Å². The molecule has 0 amide bonds. The molecule has 76 valence electrons. The molecule has 0 saturated carbocycles. The summed E-state index contributed by atoms with van der Waals surface area (Å²) in [6.45, 7) is 5.93. The van der Waals surface area contributed by atoms with Crippen LogP contribution in [-0.2, 0) is 4.74 Å². The van der Waals surface area contributed by atoms with E-state index in [1.165, 1.54) is 0 Å². The van der Waals surface area contributed by atoms with E-state index in [1.54, 1.807) is 0 Å². The van der Waals surface area contributed by atoms with Gasteiger partial charge in [-0.3, -0.25) is 0 Å². The minimum atomic E-state index is -0.230. The van der Waals surface area contributed by atoms with Gasteiger partial charge in [0.25, 0.3) is 0 Å². The summed E-state index contributed by atoms with van der Waals surface area (Å²) >= 11 is 0. The standard InChI is InChI=1S/C11H20O2/c1-3-5-6-10-7-8-11(4-2,9-12)13-10/h3,10,12H,1,4-9H2,2H3. The zero-order valence-electron chi connectivity index (χ0n) is 8.46. The van der Waals surface area contributed by atoms with Crippen LogP contribution in [0.3, 0.4) is 0 Å². The molecular formula is C11H20O2. The minimum Gasteiger partial charge on any atom is -0.393 e. The van der Waals surface area contributed by atoms with Gasteiger partial charge in [-0.15, -0.1) is 6.58 Å². The molecule has 2 nitrogen and oxygen atoms in total. The SMILES string of the molecule is C=CCCC1CCC(CC)(CO)O1. The van der Waals surface area contributed by atoms with Gasteiger partial charge in [0.2, 0.25) is 0 Å². The Labute approximate surface area is 80.6 Å². The van der Waals surface area contributed by atoms with Crippen molar-refractivity contribution in [3.05, 3.63) is 12.7 Å². The van der Waals surface area contributed by atoms with E-state index in [9.17, 15) is 5.11 Å². The van der Waals surface area contributed by atoms with E-state index in [2.05, 4.69) is 13.5 Å². The highest BCUT2D eigenvalue weighted by Crippen LogP contribution is 2.34. The van der Waals surface area contributed by atoms with Crippen molar-refractivity contribution in [2.75, 3.05) is 6.61 Å². The van der Waals surface area contributed by atoms with Crippen LogP contribution in [0.1, 0.15) is 39.0 Å². The molecule has 1 aliphatic heterocycles. The molecule has 0 aromatic rings. The highest BCUT2D eigenvalue weighted by Gasteiger charge is 2.37. The monoisotopic (exact) mass is 184 g/mol. The average molecular weight is 184 g/mol. The summed E-state index contributed by atoms with van der Waals surface area (Å²) in [4.78, 5) is 0. The fraction of sp³-hybridized carbons (Fsp3) is 0.818. The van der Waals surface area contributed by atoms with E-state index in [1.807, 2.05) is 6.08 Å². The summed E-state index contributed by atoms with van der Waals surface area (Å²) in [6.07, 6.45) is 7.32. The first-order chi connectivity index (χ1) is 6.26. The van der Waals surface area contributed by atoms with Crippen LogP contribution >= 0.6 is 0 Å². The Bertz CT molecular complexity index is 161. The normalized spacial score (nSPS) is 33.5. The Morgan fingerprint density at radius 1 is 1.69 bits per heavy atom. The largest absolute Gasteiger partial charge is 0.393 e. The molecule has 1 saturated heterocycles. The van der Waals surface area contributed by atoms with Gasteiger partial charge in [0.05, 0.1) is 18.3 Å². The molecule has 0 aromatic heterocycles. The maximum absolute atomic E-state index is 9.21. The second kappa shape index (κ2) is 4.77. The first-order valence-electron chi connectivity index (χ1n) is 5.16. The maximum atomic E-state index is 9.21. The molecule has 0 aromatic carbocycles. The van der Waals surface area contributed by atoms with Crippen LogP contribution in [0.4, 0.5) is 0 Å². The van der Waals surface area contributed by atoms with E-state index in [-0.39, 0.29) is 12.2 Å². The van der Waals surface area contributed by atoms with E-state index < -0.39 is 0 Å². The summed E-state index contributed by atoms with van der Waals surface area (Å²) in [6, 6.07) is 0. The number of aliphatic hydroxyl groups excluding tert-OH is 1. The number of ether oxygens (including phenoxy) is 1. The second-order valence-electron chi connectivity index (χ2n) is 3.84. The Kier molecular flexibility index (Phi) is 3.94. The lowest BCUT2D eigenvalue weighted by Crippen LogP contribution is -2.32. The number of allylic oxidation sites excluding steroid dienone is 1. The van der Waals surface area contributed by atoms with Crippen molar-refractivity contribution in [3.8, 4) is 0 Å². The highest BCUT2D eigenvalue weighted by atomic mass is 16.5. The van der Waals surface area contributed by atoms with Crippen molar-refractivity contribution in [3.63, 3.8) is 0 Å². The van der Waals surface area contributed by atoms with Crippen LogP contribution in [0.15, 0.2) is 12.7 Å². The lowest BCUT2D eigenvalue weighted by molar-refractivity contribution is -0.0765. The molecular weight excluding hydrogens is 164 g/mol. The van der Waals surface area contributed by atoms with Crippen LogP contribution in [0.25, 0.3) is 0 Å². The van der Waals surface area contributed by atoms with Crippen LogP contribution in [-0.4, -0.2) is 23.4 Å². The molecule has 0 spiro atoms. The molecule has 0 bridgehead atoms. The van der Waals surface area contributed by atoms with Crippen LogP contribution in [0.5, 0.6) is 0 Å². The number of hydrogen-bond donors (Lipinski definition) is 1. The first-order valence-corrected chi connectivity index (χ1v) is 5.16. The Morgan fingerprint density at radius 2 is 2.46 bits per heavy atom. The van der Waals surface area contributed by atoms with Gasteiger partial charge >= 0.3 is 0 Å². The van der Waals surface area contributed by atoms with Gasteiger partial charge < -0.3 is 9.84 Å². The molecule has 1 heterocycles. The molecule has 1 N–H and O–H groups in total. The third kappa shape index (κ3) is 2.55. The van der Waals surface area contributed by atoms with Gasteiger partial charge in [0.1, 0.15) is 0 Å². The molecule has 2 heteroatoms. The Hall–Kier alpha value is -0.340. The smallest absolute Gasteiger partial charge is 0.0914 e. The van der Waals surface area contributed by atoms with Gasteiger partial charge in [-0.1, -0.05) is 13.0 Å². The van der Waals surface area contributed by atoms with Gasteiger partial charge in [-0.2, -0.15) is 0 Å². The van der Waals surface area contributed by atoms with Gasteiger partial charge in [-0.05, 0) is 32.1 Å². The quantitative estimate of drug-likeness (QED) is 0.664. The molecule has 0 radical (unpaired) electrons. The van der Waals surface area contributed by atoms with E-state index in [0.29, 0.717) is 6.10 Å². The number of aliphatic hydroxyl groups is 1. The molecule has 1 rings (SSSR count). The van der Waals surface area contributed by atoms with Crippen LogP contribution in [0, 0.1) is 0 Å². The van der Waals surface area contributed by atoms with E-state index in [4.69, 9.17) is 4.74 Å². The van der Waals surface area contributed by atoms with Crippen molar-refractivity contribution in [2.45, 2.75) is 50.7 Å². The molecule has 1 aliphatic rings. The van der Waals surface area contributed by atoms with Crippen molar-refractivity contribution in [1.82, 2.24) is 0 Å². The zero-order valence-corrected chi connectivity index (χ0v) is 8.46. The number of rotatable bonds is 5. The zero-order chi connectivity index (χ0) is 9.73. The summed E-state index contributed by atoms with van der Waals surface area (Å²) in [5.41, 5.74) is -0.230. The third-order valence-electron chi connectivity index (χ3n) is 2.96. The summed E-state index contributed by atoms with van der Waals surface area (Å²) < 4.78 is 5.85. The first kappa shape index (κ1) is 10.7. The molecule has 2 unspecified atom stereocenters. The lowest BCUT2D eigenvalue weighted by atomic mass is 9.97. The second-order valence-corrected chi connectivity index (χ2v) is 3.84. The molecule has 1 fully saturated rings. The van der Waals surface area contributed by atoms with Crippen LogP contribution in [0.2, 0.25) is 0 Å². The molecule has 13 heavy (non-hydrogen) atoms. The molecule has 2 atom stereocenters. The van der Waals surface area contributed by atoms with Crippen LogP contribution < -0.4 is 0 Å². The fourth-order valence-electron chi connectivity index (χ4n) is 1.89. The topological polar surface area (TPSA) is 29.5 Å². The Balaban J connectivity index is 2.37. The summed E-state index contributed by atoms with van der Waals surface area (Å²) in [7, 11) is 0. The van der Waals surface area contributed by atoms with Crippen molar-refractivity contribution in [1.29, 1.82) is 0 Å². The van der Waals surface area contributed by atoms with Gasteiger partial charge in [-0.25, -0.2) is 0 Å². The minimum absolute atomic E-state index is 0.161.